The standard InChI is InChI=1S/C54H35N3O2S.C18H11Br2NO2S.C18H13N.CH4.Cu.HI/c58-60(59,42-18-8-3-9-19-42)57-51-30-26-40(55-49-22-12-10-20-43(49)45-28-24-38(32-53(45)55)36-14-4-1-5-15-36)34-47(51)48-35-41(27-31-52(48)57)56-50-23-13-11-21-44(50)46-29-25-39(33-54(46)56)37-16-6-2-7-17-37;19-12-6-8-17-15(10-12)16-11-13(20)7-9-18(16)21(17)24(22,23)14-4-2-1-3-5-14;1-2-6-13(7-3-1)14-10-11-16-15-8-4-5-9-17(15)19-18(16)12-14;;;/h1-35H;1-11H;1-12,19H;1H4;;1H/q;;;;+1;/p-1. The van der Waals surface area contributed by atoms with E-state index in [1.54, 1.807) is 74.9 Å². The Morgan fingerprint density at radius 3 is 0.981 bits per heavy atom. The fraction of sp³-hybridized carbons (Fsp3) is 0.0110. The molecular formula is C91H63Br2CuIN5O4S2. The number of fused-ring (bicyclic) bond motifs is 15. The normalized spacial score (nSPS) is 11.7. The van der Waals surface area contributed by atoms with E-state index < -0.39 is 20.0 Å². The minimum Gasteiger partial charge on any atom is -0.354 e. The van der Waals surface area contributed by atoms with Crippen LogP contribution in [0.25, 0.3) is 154 Å². The number of aromatic amines is 1. The number of benzene rings is 15. The van der Waals surface area contributed by atoms with Crippen molar-refractivity contribution in [3.05, 3.63) is 361 Å². The van der Waals surface area contributed by atoms with Crippen molar-refractivity contribution in [1.29, 1.82) is 0 Å². The summed E-state index contributed by atoms with van der Waals surface area (Å²) in [5, 5.41) is 10.7. The molecule has 20 rings (SSSR count). The zero-order valence-electron chi connectivity index (χ0n) is 55.7. The number of para-hydroxylation sites is 3. The maximum atomic E-state index is 14.7. The molecule has 0 atom stereocenters. The number of hydrogen-bond acceptors (Lipinski definition) is 4. The Labute approximate surface area is 649 Å². The van der Waals surface area contributed by atoms with E-state index in [9.17, 15) is 16.8 Å². The van der Waals surface area contributed by atoms with Gasteiger partial charge in [0.2, 0.25) is 0 Å². The molecule has 0 unspecified atom stereocenters. The van der Waals surface area contributed by atoms with Gasteiger partial charge in [-0.05, 0) is 167 Å². The molecule has 0 aliphatic rings. The molecule has 0 bridgehead atoms. The van der Waals surface area contributed by atoms with E-state index in [1.165, 1.54) is 40.9 Å². The van der Waals surface area contributed by atoms with Gasteiger partial charge >= 0.3 is 33.1 Å². The second kappa shape index (κ2) is 29.0. The number of nitrogens with one attached hydrogen (secondary N) is 1. The third kappa shape index (κ3) is 12.4. The smallest absolute Gasteiger partial charge is 0.0471 e. The minimum absolute atomic E-state index is 0. The van der Waals surface area contributed by atoms with Gasteiger partial charge in [0.25, 0.3) is 20.0 Å². The second-order valence-corrected chi connectivity index (χ2v) is 31.0. The number of hydrogen-bond donors (Lipinski definition) is 1. The van der Waals surface area contributed by atoms with Crippen molar-refractivity contribution in [2.75, 3.05) is 0 Å². The van der Waals surface area contributed by atoms with E-state index in [0.717, 1.165) is 108 Å². The fourth-order valence-corrected chi connectivity index (χ4v) is 18.7. The summed E-state index contributed by atoms with van der Waals surface area (Å²) in [6.07, 6.45) is 0. The summed E-state index contributed by atoms with van der Waals surface area (Å²) in [5.41, 5.74) is 18.2. The predicted octanol–water partition coefficient (Wildman–Crippen LogP) is 25.6. The minimum atomic E-state index is -3.99. The fourth-order valence-electron chi connectivity index (χ4n) is 14.9. The Balaban J connectivity index is 0.000000152. The van der Waals surface area contributed by atoms with Gasteiger partial charge in [-0.2, -0.15) is 0 Å². The average Bonchev–Trinajstić information content (AvgIpc) is 1.56. The Morgan fingerprint density at radius 2 is 0.566 bits per heavy atom. The Bertz CT molecular complexity index is 6720. The first kappa shape index (κ1) is 69.8. The predicted molar refractivity (Wildman–Crippen MR) is 454 cm³/mol. The van der Waals surface area contributed by atoms with Gasteiger partial charge in [0.15, 0.2) is 0 Å². The molecule has 0 amide bonds. The maximum Gasteiger partial charge on any atom is 0.0471 e. The van der Waals surface area contributed by atoms with E-state index in [-0.39, 0.29) is 17.2 Å². The van der Waals surface area contributed by atoms with Crippen LogP contribution in [-0.4, -0.2) is 38.9 Å². The molecule has 0 fully saturated rings. The van der Waals surface area contributed by atoms with Crippen molar-refractivity contribution in [3.63, 3.8) is 0 Å². The summed E-state index contributed by atoms with van der Waals surface area (Å²) in [6, 6.07) is 118. The topological polar surface area (TPSA) is 104 Å². The number of nitrogens with zero attached hydrogens (tertiary/aromatic N) is 4. The largest absolute Gasteiger partial charge is 0.354 e. The summed E-state index contributed by atoms with van der Waals surface area (Å²) in [5.74, 6) is 0. The Morgan fingerprint density at radius 1 is 0.255 bits per heavy atom. The van der Waals surface area contributed by atoms with Gasteiger partial charge in [0, 0.05) is 85.2 Å². The molecule has 106 heavy (non-hydrogen) atoms. The number of H-pyrrole nitrogens is 1. The summed E-state index contributed by atoms with van der Waals surface area (Å²) in [4.78, 5) is 4.00. The van der Waals surface area contributed by atoms with Gasteiger partial charge in [-0.1, -0.05) is 258 Å². The SMILES string of the molecule is C.O=S(=O)(c1ccccc1)n1c2ccc(-n3c4ccccc4c4ccc(-c5ccccc5)cc43)cc2c2cc(-n3c4ccccc4c4ccc(-c5ccccc5)cc43)ccc21.O=S(=O)(c1ccccc1)n1c2ccc(Br)cc2c2cc(Br)ccc21.[Cu][I].c1ccc(-c2ccc3c(c2)[nH]c2ccccc23)cc1. The molecule has 20 aromatic rings. The number of halogens is 3. The molecule has 0 aliphatic heterocycles. The summed E-state index contributed by atoms with van der Waals surface area (Å²) < 4.78 is 65.3. The van der Waals surface area contributed by atoms with Crippen molar-refractivity contribution in [2.24, 2.45) is 0 Å². The van der Waals surface area contributed by atoms with Gasteiger partial charge < -0.3 is 14.1 Å². The summed E-state index contributed by atoms with van der Waals surface area (Å²) in [6.45, 7) is 0. The van der Waals surface area contributed by atoms with Crippen molar-refractivity contribution in [1.82, 2.24) is 22.1 Å². The molecule has 0 spiro atoms. The van der Waals surface area contributed by atoms with Crippen LogP contribution in [0.15, 0.2) is 371 Å². The maximum absolute atomic E-state index is 14.7. The molecule has 520 valence electrons. The van der Waals surface area contributed by atoms with Gasteiger partial charge in [-0.25, -0.2) is 24.8 Å². The van der Waals surface area contributed by atoms with Gasteiger partial charge in [-0.15, -0.1) is 0 Å². The van der Waals surface area contributed by atoms with Crippen molar-refractivity contribution < 1.29 is 29.6 Å². The van der Waals surface area contributed by atoms with Crippen LogP contribution in [0.3, 0.4) is 0 Å². The first-order valence-electron chi connectivity index (χ1n) is 33.9. The molecular weight excluding hydrogens is 1640 g/mol. The van der Waals surface area contributed by atoms with E-state index in [1.807, 2.05) is 72.8 Å². The zero-order chi connectivity index (χ0) is 71.5. The molecule has 15 aromatic carbocycles. The number of rotatable bonds is 9. The molecule has 9 nitrogen and oxygen atoms in total. The molecule has 0 saturated heterocycles. The third-order valence-corrected chi connectivity index (χ3v) is 24.1. The van der Waals surface area contributed by atoms with Crippen LogP contribution in [0, 0.1) is 0 Å². The molecule has 0 saturated carbocycles. The molecule has 5 aromatic heterocycles. The van der Waals surface area contributed by atoms with Crippen LogP contribution in [-0.2, 0) is 32.8 Å². The Kier molecular flexibility index (Phi) is 19.1. The van der Waals surface area contributed by atoms with Crippen molar-refractivity contribution in [2.45, 2.75) is 17.2 Å². The second-order valence-electron chi connectivity index (χ2n) is 25.6. The molecule has 15 heteroatoms. The van der Waals surface area contributed by atoms with Crippen LogP contribution < -0.4 is 0 Å². The molecule has 5 heterocycles. The zero-order valence-corrected chi connectivity index (χ0v) is 63.6. The first-order valence-corrected chi connectivity index (χ1v) is 41.4. The molecule has 0 radical (unpaired) electrons. The Hall–Kier alpha value is -10.6. The number of aromatic nitrogens is 5. The van der Waals surface area contributed by atoms with Crippen LogP contribution in [0.4, 0.5) is 0 Å². The van der Waals surface area contributed by atoms with E-state index in [0.29, 0.717) is 22.1 Å². The van der Waals surface area contributed by atoms with Crippen LogP contribution in [0.1, 0.15) is 7.43 Å². The summed E-state index contributed by atoms with van der Waals surface area (Å²) >= 11 is 12.8. The third-order valence-electron chi connectivity index (χ3n) is 19.6. The van der Waals surface area contributed by atoms with Crippen molar-refractivity contribution in [3.8, 4) is 44.8 Å². The van der Waals surface area contributed by atoms with E-state index >= 15 is 0 Å². The van der Waals surface area contributed by atoms with E-state index in [4.69, 9.17) is 0 Å². The van der Waals surface area contributed by atoms with Gasteiger partial charge in [0.05, 0.1) is 53.9 Å². The van der Waals surface area contributed by atoms with Crippen LogP contribution >= 0.6 is 52.2 Å². The van der Waals surface area contributed by atoms with E-state index in [2.05, 4.69) is 283 Å². The molecule has 0 aliphatic carbocycles. The summed E-state index contributed by atoms with van der Waals surface area (Å²) in [7, 11) is -7.68. The van der Waals surface area contributed by atoms with Crippen LogP contribution in [0.5, 0.6) is 0 Å². The first-order chi connectivity index (χ1) is 51.4. The van der Waals surface area contributed by atoms with Gasteiger partial charge in [-0.3, -0.25) is 0 Å². The molecule has 1 N–H and O–H groups in total. The van der Waals surface area contributed by atoms with Gasteiger partial charge in [0.1, 0.15) is 0 Å². The monoisotopic (exact) mass is 1700 g/mol. The quantitative estimate of drug-likeness (QED) is 0.115. The van der Waals surface area contributed by atoms with Crippen molar-refractivity contribution >= 4 is 181 Å². The average molecular weight is 1700 g/mol. The van der Waals surface area contributed by atoms with Crippen LogP contribution in [0.2, 0.25) is 0 Å².